The van der Waals surface area contributed by atoms with Crippen LogP contribution >= 0.6 is 7.82 Å². The maximum atomic E-state index is 13.6. The van der Waals surface area contributed by atoms with Crippen molar-refractivity contribution in [2.75, 3.05) is 40.9 Å². The summed E-state index contributed by atoms with van der Waals surface area (Å²) in [7, 11) is 1.20. The van der Waals surface area contributed by atoms with E-state index in [2.05, 4.69) is 62.5 Å². The third kappa shape index (κ3) is 66.4. The van der Waals surface area contributed by atoms with E-state index in [4.69, 9.17) is 13.8 Å². The minimum atomic E-state index is -4.70. The minimum Gasteiger partial charge on any atom is -0.756 e. The van der Waals surface area contributed by atoms with Crippen LogP contribution in [0.5, 0.6) is 0 Å². The molecule has 0 aromatic rings. The number of phosphoric ester groups is 1. The molecule has 3 atom stereocenters. The first-order valence-corrected chi connectivity index (χ1v) is 38.9. The van der Waals surface area contributed by atoms with Crippen molar-refractivity contribution in [2.24, 2.45) is 0 Å². The van der Waals surface area contributed by atoms with Gasteiger partial charge in [0.05, 0.1) is 33.8 Å². The molecule has 0 aromatic carbocycles. The van der Waals surface area contributed by atoms with Crippen molar-refractivity contribution in [3.63, 3.8) is 0 Å². The van der Waals surface area contributed by atoms with Crippen molar-refractivity contribution >= 4 is 19.7 Å². The molecule has 1 N–H and O–H groups in total. The van der Waals surface area contributed by atoms with Crippen molar-refractivity contribution in [1.29, 1.82) is 0 Å². The molecule has 0 bridgehead atoms. The summed E-state index contributed by atoms with van der Waals surface area (Å²) >= 11 is 0. The van der Waals surface area contributed by atoms with Gasteiger partial charge < -0.3 is 28.5 Å². The molecule has 0 saturated heterocycles. The zero-order chi connectivity index (χ0) is 62.8. The quantitative estimate of drug-likeness (QED) is 0.0212. The summed E-state index contributed by atoms with van der Waals surface area (Å²) in [5.41, 5.74) is 0. The normalized spacial score (nSPS) is 13.7. The molecule has 0 fully saturated rings. The van der Waals surface area contributed by atoms with Crippen LogP contribution < -0.4 is 10.2 Å². The fourth-order valence-corrected chi connectivity index (χ4v) is 11.9. The largest absolute Gasteiger partial charge is 0.756 e. The van der Waals surface area contributed by atoms with Crippen LogP contribution in [0.4, 0.5) is 0 Å². The van der Waals surface area contributed by atoms with Gasteiger partial charge in [-0.3, -0.25) is 14.2 Å². The lowest BCUT2D eigenvalue weighted by molar-refractivity contribution is -0.870. The molecule has 1 amide bonds. The average Bonchev–Trinajstić information content (AvgIpc) is 3.69. The van der Waals surface area contributed by atoms with Gasteiger partial charge in [-0.2, -0.15) is 0 Å². The second-order valence-electron chi connectivity index (χ2n) is 26.8. The molecule has 506 valence electrons. The van der Waals surface area contributed by atoms with Crippen LogP contribution in [0.15, 0.2) is 48.6 Å². The van der Waals surface area contributed by atoms with E-state index >= 15 is 0 Å². The van der Waals surface area contributed by atoms with Crippen molar-refractivity contribution in [3.8, 4) is 0 Å². The first kappa shape index (κ1) is 84.0. The number of phosphoric acid groups is 1. The van der Waals surface area contributed by atoms with E-state index in [1.807, 2.05) is 33.3 Å². The number of hydrogen-bond acceptors (Lipinski definition) is 7. The summed E-state index contributed by atoms with van der Waals surface area (Å²) in [4.78, 5) is 40.2. The Morgan fingerprint density at radius 1 is 0.407 bits per heavy atom. The Hall–Kier alpha value is -2.03. The summed E-state index contributed by atoms with van der Waals surface area (Å²) in [6, 6.07) is -0.888. The molecule has 0 saturated carbocycles. The van der Waals surface area contributed by atoms with Gasteiger partial charge in [0.1, 0.15) is 19.3 Å². The highest BCUT2D eigenvalue weighted by molar-refractivity contribution is 7.45. The minimum absolute atomic E-state index is 0.0204. The van der Waals surface area contributed by atoms with Gasteiger partial charge in [0.15, 0.2) is 0 Å². The predicted molar refractivity (Wildman–Crippen MR) is 372 cm³/mol. The van der Waals surface area contributed by atoms with Gasteiger partial charge in [-0.1, -0.05) is 320 Å². The number of allylic oxidation sites excluding steroid dienone is 7. The first-order chi connectivity index (χ1) is 41.9. The number of nitrogens with one attached hydrogen (secondary N) is 1. The van der Waals surface area contributed by atoms with Crippen LogP contribution in [0.2, 0.25) is 0 Å². The SMILES string of the molecule is CCCCC/C=C\C/C=C\CCCCCCCCCCCCCCCC(=O)OC(/C=C/CCCCCCCCCCCC)C(COP(=O)([O-])OCC[N+](C)(C)C)NC(=O)CCCCCCCCCCCCCCCCC/C=C/CCCCCCCC. The van der Waals surface area contributed by atoms with E-state index in [1.165, 1.54) is 276 Å². The number of rotatable bonds is 69. The second-order valence-corrected chi connectivity index (χ2v) is 28.2. The van der Waals surface area contributed by atoms with Crippen LogP contribution in [0.3, 0.4) is 0 Å². The van der Waals surface area contributed by atoms with Gasteiger partial charge in [-0.15, -0.1) is 0 Å². The number of unbranched alkanes of at least 4 members (excludes halogenated alkanes) is 47. The fraction of sp³-hybridized carbons (Fsp3) is 0.868. The van der Waals surface area contributed by atoms with Crippen LogP contribution in [-0.2, 0) is 27.9 Å². The van der Waals surface area contributed by atoms with Crippen molar-refractivity contribution in [2.45, 2.75) is 386 Å². The lowest BCUT2D eigenvalue weighted by Crippen LogP contribution is -2.47. The van der Waals surface area contributed by atoms with Gasteiger partial charge in [-0.05, 0) is 89.5 Å². The number of carbonyl (C=O) groups excluding carboxylic acids is 2. The topological polar surface area (TPSA) is 114 Å². The highest BCUT2D eigenvalue weighted by Gasteiger charge is 2.27. The lowest BCUT2D eigenvalue weighted by atomic mass is 10.0. The molecule has 0 aliphatic heterocycles. The van der Waals surface area contributed by atoms with Gasteiger partial charge in [0, 0.05) is 12.8 Å². The molecular weight excluding hydrogens is 1080 g/mol. The van der Waals surface area contributed by atoms with E-state index in [0.717, 1.165) is 64.2 Å². The molecule has 0 aliphatic carbocycles. The van der Waals surface area contributed by atoms with E-state index in [1.54, 1.807) is 0 Å². The maximum Gasteiger partial charge on any atom is 0.306 e. The van der Waals surface area contributed by atoms with E-state index in [-0.39, 0.29) is 31.5 Å². The molecule has 0 rings (SSSR count). The van der Waals surface area contributed by atoms with Crippen molar-refractivity contribution in [1.82, 2.24) is 5.32 Å². The van der Waals surface area contributed by atoms with Crippen LogP contribution in [-0.4, -0.2) is 69.4 Å². The Bertz CT molecular complexity index is 1610. The molecule has 0 aliphatic rings. The molecule has 86 heavy (non-hydrogen) atoms. The van der Waals surface area contributed by atoms with Crippen molar-refractivity contribution < 1.29 is 37.3 Å². The van der Waals surface area contributed by atoms with Gasteiger partial charge in [-0.25, -0.2) is 0 Å². The Morgan fingerprint density at radius 2 is 0.709 bits per heavy atom. The third-order valence-corrected chi connectivity index (χ3v) is 17.9. The second kappa shape index (κ2) is 65.9. The smallest absolute Gasteiger partial charge is 0.306 e. The van der Waals surface area contributed by atoms with E-state index < -0.39 is 20.0 Å². The Morgan fingerprint density at radius 3 is 1.08 bits per heavy atom. The zero-order valence-corrected chi connectivity index (χ0v) is 58.9. The van der Waals surface area contributed by atoms with Crippen LogP contribution in [0.25, 0.3) is 0 Å². The number of carbonyl (C=O) groups is 2. The molecule has 0 spiro atoms. The van der Waals surface area contributed by atoms with E-state index in [0.29, 0.717) is 17.4 Å². The van der Waals surface area contributed by atoms with Gasteiger partial charge >= 0.3 is 5.97 Å². The fourth-order valence-electron chi connectivity index (χ4n) is 11.2. The highest BCUT2D eigenvalue weighted by Crippen LogP contribution is 2.38. The molecule has 3 unspecified atom stereocenters. The molecule has 0 heterocycles. The monoisotopic (exact) mass is 1230 g/mol. The Labute approximate surface area is 535 Å². The van der Waals surface area contributed by atoms with Gasteiger partial charge in [0.2, 0.25) is 5.91 Å². The summed E-state index contributed by atoms with van der Waals surface area (Å²) in [5.74, 6) is -0.523. The molecule has 0 aromatic heterocycles. The number of amides is 1. The molecular formula is C76H145N2O7P. The predicted octanol–water partition coefficient (Wildman–Crippen LogP) is 23.3. The molecule has 0 radical (unpaired) electrons. The number of hydrogen-bond donors (Lipinski definition) is 1. The highest BCUT2D eigenvalue weighted by atomic mass is 31.2. The number of nitrogens with zero attached hydrogens (tertiary/aromatic N) is 1. The number of ether oxygens (including phenoxy) is 1. The standard InChI is InChI=1S/C76H145N2O7P/c1-7-10-13-16-19-22-25-28-30-32-34-36-38-39-41-42-44-46-48-50-53-56-59-62-65-68-75(79)77-73(72-84-86(81,82)83-71-70-78(4,5)6)74(67-64-61-58-55-52-27-24-21-18-15-12-9-3)85-76(80)69-66-63-60-57-54-51-49-47-45-43-40-37-35-33-31-29-26-23-20-17-14-11-8-2/h20,23,28-31,64,67,73-74H,7-19,21-22,24-27,32-63,65-66,68-72H2,1-6H3,(H-,77,79,81,82)/b23-20-,30-28+,31-29-,67-64+. The number of likely N-dealkylation sites (N-methyl/N-ethyl adjacent to an activating group) is 1. The first-order valence-electron chi connectivity index (χ1n) is 37.4. The zero-order valence-electron chi connectivity index (χ0n) is 58.0. The average molecular weight is 1230 g/mol. The molecule has 10 heteroatoms. The summed E-state index contributed by atoms with van der Waals surface area (Å²) in [6.07, 6.45) is 83.8. The van der Waals surface area contributed by atoms with E-state index in [9.17, 15) is 19.0 Å². The number of esters is 1. The Kier molecular flexibility index (Phi) is 64.4. The molecule has 9 nitrogen and oxygen atoms in total. The Balaban J connectivity index is 4.98. The summed E-state index contributed by atoms with van der Waals surface area (Å²) in [6.45, 7) is 6.87. The maximum absolute atomic E-state index is 13.6. The van der Waals surface area contributed by atoms with Gasteiger partial charge in [0.25, 0.3) is 7.82 Å². The number of quaternary nitrogens is 1. The van der Waals surface area contributed by atoms with Crippen LogP contribution in [0.1, 0.15) is 374 Å². The summed E-state index contributed by atoms with van der Waals surface area (Å²) in [5, 5.41) is 3.05. The van der Waals surface area contributed by atoms with Crippen molar-refractivity contribution in [3.05, 3.63) is 48.6 Å². The lowest BCUT2D eigenvalue weighted by Gasteiger charge is -2.30. The van der Waals surface area contributed by atoms with Crippen LogP contribution in [0, 0.1) is 0 Å². The summed E-state index contributed by atoms with van der Waals surface area (Å²) < 4.78 is 30.5. The third-order valence-electron chi connectivity index (χ3n) is 17.0.